The average Bonchev–Trinajstić information content (AvgIpc) is 2.58. The van der Waals surface area contributed by atoms with E-state index in [4.69, 9.17) is 11.8 Å². The van der Waals surface area contributed by atoms with Gasteiger partial charge in [0.25, 0.3) is 0 Å². The van der Waals surface area contributed by atoms with E-state index < -0.39 is 5.98 Å². The Hall–Kier alpha value is -1.52. The molecule has 0 fully saturated rings. The third kappa shape index (κ3) is 2.61. The van der Waals surface area contributed by atoms with Crippen LogP contribution in [-0.4, -0.2) is 0 Å². The molecule has 3 rings (SSSR count). The van der Waals surface area contributed by atoms with E-state index in [1.807, 2.05) is 18.2 Å². The summed E-state index contributed by atoms with van der Waals surface area (Å²) in [7, 11) is 3.85. The fraction of sp³-hybridized carbons (Fsp3) is 0.0526. The summed E-state index contributed by atoms with van der Waals surface area (Å²) in [4.78, 5) is 0. The topological polar surface area (TPSA) is 0 Å². The monoisotopic (exact) mass is 338 g/mol. The largest absolute Gasteiger partial charge is 0.0965 e. The summed E-state index contributed by atoms with van der Waals surface area (Å²) in [5, 5.41) is -0.328. The van der Waals surface area contributed by atoms with Crippen LogP contribution in [0.25, 0.3) is 0 Å². The van der Waals surface area contributed by atoms with Gasteiger partial charge >= 0.3 is 0 Å². The van der Waals surface area contributed by atoms with Crippen LogP contribution < -0.4 is 0 Å². The van der Waals surface area contributed by atoms with Gasteiger partial charge in [-0.05, 0) is 22.7 Å². The lowest BCUT2D eigenvalue weighted by Gasteiger charge is -2.32. The molecule has 0 saturated carbocycles. The van der Waals surface area contributed by atoms with Crippen LogP contribution in [0.4, 0.5) is 0 Å². The van der Waals surface area contributed by atoms with E-state index in [0.717, 1.165) is 0 Å². The first kappa shape index (κ1) is 15.4. The van der Waals surface area contributed by atoms with Gasteiger partial charge < -0.3 is 0 Å². The molecule has 0 nitrogen and oxygen atoms in total. The van der Waals surface area contributed by atoms with Crippen LogP contribution in [0.5, 0.6) is 0 Å². The fourth-order valence-corrected chi connectivity index (χ4v) is 6.15. The van der Waals surface area contributed by atoms with Crippen molar-refractivity contribution in [1.82, 2.24) is 0 Å². The van der Waals surface area contributed by atoms with Gasteiger partial charge in [-0.1, -0.05) is 111 Å². The third-order valence-corrected chi connectivity index (χ3v) is 7.09. The minimum atomic E-state index is -0.888. The van der Waals surface area contributed by atoms with Crippen molar-refractivity contribution in [3.63, 3.8) is 0 Å². The molecule has 0 aliphatic rings. The predicted octanol–water partition coefficient (Wildman–Crippen LogP) is 5.98. The Morgan fingerprint density at radius 1 is 0.591 bits per heavy atom. The highest BCUT2D eigenvalue weighted by Crippen LogP contribution is 2.53. The molecule has 0 N–H and O–H groups in total. The number of benzene rings is 3. The third-order valence-electron chi connectivity index (χ3n) is 3.88. The van der Waals surface area contributed by atoms with Crippen LogP contribution in [0, 0.1) is 0 Å². The van der Waals surface area contributed by atoms with Crippen molar-refractivity contribution in [3.05, 3.63) is 108 Å². The Kier molecular flexibility index (Phi) is 4.69. The summed E-state index contributed by atoms with van der Waals surface area (Å²) in [6.07, 6.45) is 0. The smallest absolute Gasteiger partial charge is 0.0850 e. The van der Waals surface area contributed by atoms with E-state index in [0.29, 0.717) is 0 Å². The maximum atomic E-state index is 5.84. The first-order chi connectivity index (χ1) is 10.8. The summed E-state index contributed by atoms with van der Waals surface area (Å²) in [6, 6.07) is 31.6. The molecule has 3 heteroatoms. The molecule has 0 amide bonds. The number of rotatable bonds is 4. The maximum Gasteiger partial charge on any atom is 0.0965 e. The lowest BCUT2D eigenvalue weighted by molar-refractivity contribution is 0.894. The summed E-state index contributed by atoms with van der Waals surface area (Å²) in [6.45, 7) is 0. The van der Waals surface area contributed by atoms with Gasteiger partial charge in [0.05, 0.1) is 5.16 Å². The maximum absolute atomic E-state index is 5.84. The first-order valence-electron chi connectivity index (χ1n) is 7.11. The zero-order chi connectivity index (χ0) is 15.4. The van der Waals surface area contributed by atoms with Crippen LogP contribution in [0.3, 0.4) is 0 Å². The molecule has 22 heavy (non-hydrogen) atoms. The van der Waals surface area contributed by atoms with E-state index in [-0.39, 0.29) is 5.16 Å². The van der Waals surface area contributed by atoms with Crippen LogP contribution in [0.2, 0.25) is 0 Å². The second-order valence-electron chi connectivity index (χ2n) is 5.10. The SMILES string of the molecule is P=P(=S)C(c1ccccc1)(c1ccccc1)c1ccccc1. The van der Waals surface area contributed by atoms with Crippen LogP contribution in [0.15, 0.2) is 91.0 Å². The normalized spacial score (nSPS) is 11.9. The van der Waals surface area contributed by atoms with Gasteiger partial charge in [0.1, 0.15) is 0 Å². The second kappa shape index (κ2) is 6.71. The summed E-state index contributed by atoms with van der Waals surface area (Å²) >= 11 is 5.84. The van der Waals surface area contributed by atoms with E-state index in [2.05, 4.69) is 81.3 Å². The Labute approximate surface area is 139 Å². The van der Waals surface area contributed by atoms with Gasteiger partial charge in [0, 0.05) is 0 Å². The molecule has 0 spiro atoms. The second-order valence-corrected chi connectivity index (χ2v) is 9.77. The molecule has 108 valence electrons. The molecule has 1 atom stereocenters. The molecule has 3 aromatic rings. The highest BCUT2D eigenvalue weighted by Gasteiger charge is 2.36. The van der Waals surface area contributed by atoms with Crippen LogP contribution >= 0.6 is 14.5 Å². The zero-order valence-corrected chi connectivity index (χ0v) is 14.7. The molecule has 0 aromatic heterocycles. The van der Waals surface area contributed by atoms with Crippen LogP contribution in [-0.2, 0) is 17.0 Å². The van der Waals surface area contributed by atoms with Gasteiger partial charge in [-0.25, -0.2) is 0 Å². The molecule has 0 aliphatic heterocycles. The molecule has 0 bridgehead atoms. The van der Waals surface area contributed by atoms with Gasteiger partial charge in [0.15, 0.2) is 0 Å². The van der Waals surface area contributed by atoms with Crippen molar-refractivity contribution >= 4 is 26.3 Å². The standard InChI is InChI=1S/C19H16P2S/c20-21(22)19(16-10-4-1-5-11-16,17-12-6-2-7-13-17)18-14-8-3-9-15-18/h1-15,20H. The number of hydrogen-bond acceptors (Lipinski definition) is 1. The van der Waals surface area contributed by atoms with Gasteiger partial charge in [-0.15, -0.1) is 0 Å². The zero-order valence-electron chi connectivity index (χ0n) is 12.0. The molecule has 0 saturated heterocycles. The van der Waals surface area contributed by atoms with E-state index >= 15 is 0 Å². The quantitative estimate of drug-likeness (QED) is 0.416. The molecule has 0 aliphatic carbocycles. The molecule has 0 radical (unpaired) electrons. The van der Waals surface area contributed by atoms with Crippen molar-refractivity contribution in [2.75, 3.05) is 0 Å². The summed E-state index contributed by atoms with van der Waals surface area (Å²) in [5.41, 5.74) is 3.68. The Morgan fingerprint density at radius 2 is 0.864 bits per heavy atom. The Morgan fingerprint density at radius 3 is 1.09 bits per heavy atom. The van der Waals surface area contributed by atoms with Crippen molar-refractivity contribution in [1.29, 1.82) is 0 Å². The van der Waals surface area contributed by atoms with Gasteiger partial charge in [-0.2, -0.15) is 0 Å². The van der Waals surface area contributed by atoms with E-state index in [1.165, 1.54) is 16.7 Å². The lowest BCUT2D eigenvalue weighted by Crippen LogP contribution is -2.23. The fourth-order valence-electron chi connectivity index (χ4n) is 2.89. The minimum absolute atomic E-state index is 0.328. The summed E-state index contributed by atoms with van der Waals surface area (Å²) < 4.78 is 0. The van der Waals surface area contributed by atoms with E-state index in [9.17, 15) is 0 Å². The van der Waals surface area contributed by atoms with Crippen LogP contribution in [0.1, 0.15) is 16.7 Å². The van der Waals surface area contributed by atoms with Gasteiger partial charge in [-0.3, -0.25) is 0 Å². The van der Waals surface area contributed by atoms with Crippen molar-refractivity contribution in [3.8, 4) is 0 Å². The Bertz CT molecular complexity index is 705. The highest BCUT2D eigenvalue weighted by molar-refractivity contribution is 8.16. The lowest BCUT2D eigenvalue weighted by atomic mass is 9.84. The molecular weight excluding hydrogens is 322 g/mol. The highest BCUT2D eigenvalue weighted by atomic mass is 32.5. The summed E-state index contributed by atoms with van der Waals surface area (Å²) in [5.74, 6) is -0.888. The molecular formula is C19H16P2S. The Balaban J connectivity index is 2.40. The molecule has 1 unspecified atom stereocenters. The first-order valence-corrected chi connectivity index (χ1v) is 10.8. The molecule has 0 heterocycles. The van der Waals surface area contributed by atoms with E-state index in [1.54, 1.807) is 0 Å². The van der Waals surface area contributed by atoms with Crippen molar-refractivity contribution in [2.24, 2.45) is 0 Å². The van der Waals surface area contributed by atoms with Gasteiger partial charge in [0.2, 0.25) is 0 Å². The van der Waals surface area contributed by atoms with Crippen molar-refractivity contribution in [2.45, 2.75) is 5.16 Å². The predicted molar refractivity (Wildman–Crippen MR) is 102 cm³/mol. The minimum Gasteiger partial charge on any atom is -0.0850 e. The molecule has 3 aromatic carbocycles. The number of hydrogen-bond donors (Lipinski definition) is 0. The van der Waals surface area contributed by atoms with Crippen molar-refractivity contribution < 1.29 is 0 Å². The average molecular weight is 338 g/mol.